The van der Waals surface area contributed by atoms with Crippen LogP contribution in [0.2, 0.25) is 0 Å². The molecule has 0 aliphatic rings. The minimum absolute atomic E-state index is 0.627. The third kappa shape index (κ3) is 2.39. The first-order chi connectivity index (χ1) is 6.96. The zero-order valence-electron chi connectivity index (χ0n) is 9.37. The van der Waals surface area contributed by atoms with E-state index in [1.807, 2.05) is 13.8 Å². The lowest BCUT2D eigenvalue weighted by Crippen LogP contribution is -2.21. The monoisotopic (exact) mass is 220 g/mol. The number of aliphatic hydroxyl groups is 1. The maximum atomic E-state index is 9.77. The first-order valence-electron chi connectivity index (χ1n) is 5.15. The highest BCUT2D eigenvalue weighted by molar-refractivity contribution is 7.17. The van der Waals surface area contributed by atoms with Gasteiger partial charge in [-0.25, -0.2) is 0 Å². The molecule has 0 aliphatic heterocycles. The van der Waals surface area contributed by atoms with E-state index in [9.17, 15) is 5.11 Å². The van der Waals surface area contributed by atoms with Crippen LogP contribution in [0.25, 0.3) is 10.1 Å². The number of hydrogen-bond donors (Lipinski definition) is 1. The quantitative estimate of drug-likeness (QED) is 0.821. The Hall–Kier alpha value is -0.860. The second-order valence-electron chi connectivity index (χ2n) is 4.74. The lowest BCUT2D eigenvalue weighted by Gasteiger charge is -2.16. The Labute approximate surface area is 94.4 Å². The van der Waals surface area contributed by atoms with Gasteiger partial charge >= 0.3 is 0 Å². The number of thiophene rings is 1. The van der Waals surface area contributed by atoms with Crippen LogP contribution in [0.4, 0.5) is 0 Å². The molecule has 0 radical (unpaired) electrons. The van der Waals surface area contributed by atoms with Crippen molar-refractivity contribution in [2.75, 3.05) is 0 Å². The molecule has 0 aliphatic carbocycles. The van der Waals surface area contributed by atoms with Gasteiger partial charge in [0.2, 0.25) is 0 Å². The van der Waals surface area contributed by atoms with Crippen LogP contribution in [-0.4, -0.2) is 10.7 Å². The van der Waals surface area contributed by atoms with Crippen LogP contribution in [0.3, 0.4) is 0 Å². The molecule has 0 unspecified atom stereocenters. The highest BCUT2D eigenvalue weighted by atomic mass is 32.1. The molecule has 0 fully saturated rings. The molecule has 0 amide bonds. The van der Waals surface area contributed by atoms with E-state index in [0.717, 1.165) is 0 Å². The lowest BCUT2D eigenvalue weighted by atomic mass is 9.97. The molecule has 0 bridgehead atoms. The zero-order chi connectivity index (χ0) is 11.1. The van der Waals surface area contributed by atoms with Crippen molar-refractivity contribution in [2.45, 2.75) is 32.8 Å². The molecule has 80 valence electrons. The number of aryl methyl sites for hydroxylation is 1. The van der Waals surface area contributed by atoms with E-state index in [4.69, 9.17) is 0 Å². The van der Waals surface area contributed by atoms with Crippen molar-refractivity contribution < 1.29 is 5.11 Å². The van der Waals surface area contributed by atoms with Crippen LogP contribution >= 0.6 is 11.3 Å². The SMILES string of the molecule is Cc1csc2ccc(CC(C)(C)O)cc12. The van der Waals surface area contributed by atoms with Crippen LogP contribution in [0, 0.1) is 6.92 Å². The Kier molecular flexibility index (Phi) is 2.57. The van der Waals surface area contributed by atoms with E-state index in [0.29, 0.717) is 6.42 Å². The summed E-state index contributed by atoms with van der Waals surface area (Å²) < 4.78 is 1.33. The number of rotatable bonds is 2. The third-order valence-corrected chi connectivity index (χ3v) is 3.55. The van der Waals surface area contributed by atoms with Crippen LogP contribution < -0.4 is 0 Å². The Morgan fingerprint density at radius 2 is 2.07 bits per heavy atom. The van der Waals surface area contributed by atoms with Gasteiger partial charge in [-0.3, -0.25) is 0 Å². The van der Waals surface area contributed by atoms with Gasteiger partial charge in [0, 0.05) is 11.1 Å². The molecule has 1 aromatic heterocycles. The number of benzene rings is 1. The topological polar surface area (TPSA) is 20.2 Å². The first kappa shape index (κ1) is 10.7. The minimum atomic E-state index is -0.627. The summed E-state index contributed by atoms with van der Waals surface area (Å²) in [7, 11) is 0. The molecule has 1 N–H and O–H groups in total. The molecule has 1 aromatic carbocycles. The summed E-state index contributed by atoms with van der Waals surface area (Å²) >= 11 is 1.78. The summed E-state index contributed by atoms with van der Waals surface area (Å²) in [6.45, 7) is 5.82. The van der Waals surface area contributed by atoms with Gasteiger partial charge in [-0.05, 0) is 54.8 Å². The van der Waals surface area contributed by atoms with Gasteiger partial charge in [-0.2, -0.15) is 0 Å². The molecule has 0 atom stereocenters. The largest absolute Gasteiger partial charge is 0.390 e. The van der Waals surface area contributed by atoms with Crippen molar-refractivity contribution in [2.24, 2.45) is 0 Å². The van der Waals surface area contributed by atoms with Crippen molar-refractivity contribution in [1.82, 2.24) is 0 Å². The van der Waals surface area contributed by atoms with E-state index in [2.05, 4.69) is 30.5 Å². The fourth-order valence-corrected chi connectivity index (χ4v) is 2.74. The summed E-state index contributed by atoms with van der Waals surface area (Å²) in [5.74, 6) is 0. The molecule has 2 rings (SSSR count). The van der Waals surface area contributed by atoms with Gasteiger partial charge < -0.3 is 5.11 Å². The molecule has 2 aromatic rings. The normalized spacial score (nSPS) is 12.3. The summed E-state index contributed by atoms with van der Waals surface area (Å²) in [5.41, 5.74) is 1.90. The van der Waals surface area contributed by atoms with E-state index >= 15 is 0 Å². The fourth-order valence-electron chi connectivity index (χ4n) is 1.81. The Bertz CT molecular complexity index is 477. The van der Waals surface area contributed by atoms with E-state index < -0.39 is 5.60 Å². The lowest BCUT2D eigenvalue weighted by molar-refractivity contribution is 0.0810. The third-order valence-electron chi connectivity index (χ3n) is 2.47. The summed E-state index contributed by atoms with van der Waals surface area (Å²) in [6.07, 6.45) is 0.707. The molecule has 0 spiro atoms. The van der Waals surface area contributed by atoms with Gasteiger partial charge in [0.25, 0.3) is 0 Å². The van der Waals surface area contributed by atoms with Gasteiger partial charge in [0.15, 0.2) is 0 Å². The van der Waals surface area contributed by atoms with Gasteiger partial charge in [0.1, 0.15) is 0 Å². The second-order valence-corrected chi connectivity index (χ2v) is 5.65. The van der Waals surface area contributed by atoms with Crippen molar-refractivity contribution in [3.63, 3.8) is 0 Å². The molecular formula is C13H16OS. The fraction of sp³-hybridized carbons (Fsp3) is 0.385. The van der Waals surface area contributed by atoms with Crippen molar-refractivity contribution >= 4 is 21.4 Å². The molecule has 0 saturated heterocycles. The summed E-state index contributed by atoms with van der Waals surface area (Å²) in [4.78, 5) is 0. The average molecular weight is 220 g/mol. The van der Waals surface area contributed by atoms with E-state index in [1.54, 1.807) is 11.3 Å². The molecule has 0 saturated carbocycles. The first-order valence-corrected chi connectivity index (χ1v) is 6.03. The molecule has 15 heavy (non-hydrogen) atoms. The molecular weight excluding hydrogens is 204 g/mol. The van der Waals surface area contributed by atoms with Crippen molar-refractivity contribution in [1.29, 1.82) is 0 Å². The average Bonchev–Trinajstić information content (AvgIpc) is 2.45. The van der Waals surface area contributed by atoms with Gasteiger partial charge in [0.05, 0.1) is 5.60 Å². The highest BCUT2D eigenvalue weighted by Gasteiger charge is 2.13. The van der Waals surface area contributed by atoms with Crippen LogP contribution in [-0.2, 0) is 6.42 Å². The van der Waals surface area contributed by atoms with Crippen molar-refractivity contribution in [3.05, 3.63) is 34.7 Å². The zero-order valence-corrected chi connectivity index (χ0v) is 10.2. The summed E-state index contributed by atoms with van der Waals surface area (Å²) in [5, 5.41) is 13.3. The minimum Gasteiger partial charge on any atom is -0.390 e. The van der Waals surface area contributed by atoms with E-state index in [-0.39, 0.29) is 0 Å². The van der Waals surface area contributed by atoms with Crippen LogP contribution in [0.1, 0.15) is 25.0 Å². The molecule has 1 nitrogen and oxygen atoms in total. The smallest absolute Gasteiger partial charge is 0.0631 e. The van der Waals surface area contributed by atoms with Gasteiger partial charge in [-0.15, -0.1) is 11.3 Å². The number of hydrogen-bond acceptors (Lipinski definition) is 2. The maximum absolute atomic E-state index is 9.77. The Morgan fingerprint density at radius 1 is 1.33 bits per heavy atom. The summed E-state index contributed by atoms with van der Waals surface area (Å²) in [6, 6.07) is 6.45. The van der Waals surface area contributed by atoms with Crippen LogP contribution in [0.15, 0.2) is 23.6 Å². The van der Waals surface area contributed by atoms with Crippen molar-refractivity contribution in [3.8, 4) is 0 Å². The predicted molar refractivity (Wildman–Crippen MR) is 66.6 cm³/mol. The standard InChI is InChI=1S/C13H16OS/c1-9-8-15-12-5-4-10(6-11(9)12)7-13(2,3)14/h4-6,8,14H,7H2,1-3H3. The van der Waals surface area contributed by atoms with E-state index in [1.165, 1.54) is 21.2 Å². The second kappa shape index (κ2) is 3.62. The molecule has 2 heteroatoms. The Balaban J connectivity index is 2.42. The predicted octanol–water partition coefficient (Wildman–Crippen LogP) is 3.52. The Morgan fingerprint density at radius 3 is 2.73 bits per heavy atom. The van der Waals surface area contributed by atoms with Crippen LogP contribution in [0.5, 0.6) is 0 Å². The number of fused-ring (bicyclic) bond motifs is 1. The maximum Gasteiger partial charge on any atom is 0.0631 e. The highest BCUT2D eigenvalue weighted by Crippen LogP contribution is 2.27. The molecule has 1 heterocycles. The van der Waals surface area contributed by atoms with Gasteiger partial charge in [-0.1, -0.05) is 6.07 Å².